The number of rotatable bonds is 3. The van der Waals surface area contributed by atoms with Crippen LogP contribution < -0.4 is 0 Å². The molecule has 2 nitrogen and oxygen atoms in total. The molecule has 1 aromatic carbocycles. The van der Waals surface area contributed by atoms with Crippen LogP contribution >= 0.6 is 0 Å². The van der Waals surface area contributed by atoms with Crippen LogP contribution in [-0.2, 0) is 17.6 Å². The van der Waals surface area contributed by atoms with E-state index < -0.39 is 5.60 Å². The van der Waals surface area contributed by atoms with Gasteiger partial charge < -0.3 is 9.84 Å². The first-order valence-electron chi connectivity index (χ1n) is 6.66. The number of hydrogen-bond acceptors (Lipinski definition) is 2. The third-order valence-electron chi connectivity index (χ3n) is 4.11. The molecule has 2 aliphatic rings. The quantitative estimate of drug-likeness (QED) is 0.867. The minimum Gasteiger partial charge on any atom is -0.389 e. The Hall–Kier alpha value is -0.860. The van der Waals surface area contributed by atoms with Gasteiger partial charge in [-0.15, -0.1) is 0 Å². The highest BCUT2D eigenvalue weighted by atomic mass is 16.5. The molecule has 1 aliphatic heterocycles. The predicted octanol–water partition coefficient (Wildman–Crippen LogP) is 2.48. The smallest absolute Gasteiger partial charge is 0.0729 e. The maximum Gasteiger partial charge on any atom is 0.0729 e. The van der Waals surface area contributed by atoms with Gasteiger partial charge in [-0.2, -0.15) is 0 Å². The monoisotopic (exact) mass is 232 g/mol. The number of benzene rings is 1. The summed E-state index contributed by atoms with van der Waals surface area (Å²) in [5.74, 6) is 0. The lowest BCUT2D eigenvalue weighted by atomic mass is 9.92. The summed E-state index contributed by atoms with van der Waals surface area (Å²) in [4.78, 5) is 0. The van der Waals surface area contributed by atoms with Gasteiger partial charge in [-0.3, -0.25) is 0 Å². The topological polar surface area (TPSA) is 29.5 Å². The molecule has 0 aromatic heterocycles. The van der Waals surface area contributed by atoms with Crippen molar-refractivity contribution < 1.29 is 9.84 Å². The van der Waals surface area contributed by atoms with Crippen LogP contribution in [-0.4, -0.2) is 23.4 Å². The van der Waals surface area contributed by atoms with Crippen LogP contribution in [0.1, 0.15) is 36.8 Å². The first kappa shape index (κ1) is 11.2. The van der Waals surface area contributed by atoms with E-state index in [1.807, 2.05) is 0 Å². The summed E-state index contributed by atoms with van der Waals surface area (Å²) in [6, 6.07) is 8.40. The van der Waals surface area contributed by atoms with Gasteiger partial charge in [-0.25, -0.2) is 0 Å². The fourth-order valence-corrected chi connectivity index (χ4v) is 3.15. The summed E-state index contributed by atoms with van der Waals surface area (Å²) >= 11 is 0. The average molecular weight is 232 g/mol. The highest BCUT2D eigenvalue weighted by molar-refractivity contribution is 5.35. The van der Waals surface area contributed by atoms with Gasteiger partial charge in [0.2, 0.25) is 0 Å². The molecular formula is C15H20O2. The first-order chi connectivity index (χ1) is 8.25. The van der Waals surface area contributed by atoms with Crippen molar-refractivity contribution in [2.75, 3.05) is 6.61 Å². The van der Waals surface area contributed by atoms with E-state index in [1.54, 1.807) is 0 Å². The van der Waals surface area contributed by atoms with Crippen LogP contribution in [0.3, 0.4) is 0 Å². The molecule has 1 N–H and O–H groups in total. The molecule has 1 unspecified atom stereocenters. The van der Waals surface area contributed by atoms with Crippen LogP contribution in [0.15, 0.2) is 24.3 Å². The molecule has 2 heteroatoms. The largest absolute Gasteiger partial charge is 0.389 e. The normalized spacial score (nSPS) is 26.1. The fourth-order valence-electron chi connectivity index (χ4n) is 3.15. The van der Waals surface area contributed by atoms with Gasteiger partial charge >= 0.3 is 0 Å². The molecule has 3 rings (SSSR count). The molecule has 0 radical (unpaired) electrons. The molecule has 1 saturated heterocycles. The van der Waals surface area contributed by atoms with E-state index in [2.05, 4.69) is 24.3 Å². The van der Waals surface area contributed by atoms with E-state index >= 15 is 0 Å². The first-order valence-corrected chi connectivity index (χ1v) is 6.66. The van der Waals surface area contributed by atoms with Gasteiger partial charge in [0.25, 0.3) is 0 Å². The second-order valence-corrected chi connectivity index (χ2v) is 5.52. The number of fused-ring (bicyclic) bond motifs is 1. The third-order valence-corrected chi connectivity index (χ3v) is 4.11. The molecule has 1 aliphatic carbocycles. The maximum absolute atomic E-state index is 10.6. The Kier molecular flexibility index (Phi) is 2.93. The summed E-state index contributed by atoms with van der Waals surface area (Å²) < 4.78 is 5.62. The minimum atomic E-state index is -0.518. The fraction of sp³-hybridized carbons (Fsp3) is 0.600. The van der Waals surface area contributed by atoms with Crippen molar-refractivity contribution in [3.8, 4) is 0 Å². The standard InChI is InChI=1S/C15H20O2/c16-15(8-7-14-6-3-9-17-14)10-12-4-1-2-5-13(12)11-15/h1-2,4-5,14,16H,3,6-11H2. The predicted molar refractivity (Wildman–Crippen MR) is 67.0 cm³/mol. The SMILES string of the molecule is OC1(CCC2CCCO2)Cc2ccccc2C1. The van der Waals surface area contributed by atoms with Gasteiger partial charge in [-0.05, 0) is 36.8 Å². The van der Waals surface area contributed by atoms with Gasteiger partial charge in [0.1, 0.15) is 0 Å². The summed E-state index contributed by atoms with van der Waals surface area (Å²) in [5.41, 5.74) is 2.13. The molecule has 1 aromatic rings. The van der Waals surface area contributed by atoms with Crippen molar-refractivity contribution >= 4 is 0 Å². The van der Waals surface area contributed by atoms with E-state index in [4.69, 9.17) is 4.74 Å². The number of ether oxygens (including phenoxy) is 1. The Morgan fingerprint density at radius 1 is 1.24 bits per heavy atom. The van der Waals surface area contributed by atoms with Crippen LogP contribution in [0.25, 0.3) is 0 Å². The van der Waals surface area contributed by atoms with Gasteiger partial charge in [-0.1, -0.05) is 24.3 Å². The van der Waals surface area contributed by atoms with E-state index in [0.29, 0.717) is 6.10 Å². The van der Waals surface area contributed by atoms with E-state index in [1.165, 1.54) is 24.0 Å². The summed E-state index contributed by atoms with van der Waals surface area (Å²) in [6.07, 6.45) is 6.25. The second kappa shape index (κ2) is 4.43. The van der Waals surface area contributed by atoms with Crippen LogP contribution in [0.5, 0.6) is 0 Å². The Bertz CT molecular complexity index is 369. The Balaban J connectivity index is 1.61. The zero-order valence-corrected chi connectivity index (χ0v) is 10.2. The molecule has 1 fully saturated rings. The van der Waals surface area contributed by atoms with Gasteiger partial charge in [0.15, 0.2) is 0 Å². The van der Waals surface area contributed by atoms with Crippen molar-refractivity contribution in [1.29, 1.82) is 0 Å². The summed E-state index contributed by atoms with van der Waals surface area (Å²) in [6.45, 7) is 0.906. The van der Waals surface area contributed by atoms with Crippen LogP contribution in [0.2, 0.25) is 0 Å². The van der Waals surface area contributed by atoms with Crippen molar-refractivity contribution in [3.05, 3.63) is 35.4 Å². The Morgan fingerprint density at radius 2 is 1.94 bits per heavy atom. The van der Waals surface area contributed by atoms with Crippen molar-refractivity contribution in [3.63, 3.8) is 0 Å². The number of hydrogen-bond donors (Lipinski definition) is 1. The molecule has 0 bridgehead atoms. The van der Waals surface area contributed by atoms with Gasteiger partial charge in [0, 0.05) is 19.4 Å². The second-order valence-electron chi connectivity index (χ2n) is 5.52. The summed E-state index contributed by atoms with van der Waals surface area (Å²) in [7, 11) is 0. The lowest BCUT2D eigenvalue weighted by molar-refractivity contribution is 0.0187. The Morgan fingerprint density at radius 3 is 2.53 bits per heavy atom. The van der Waals surface area contributed by atoms with E-state index in [-0.39, 0.29) is 0 Å². The van der Waals surface area contributed by atoms with Crippen molar-refractivity contribution in [1.82, 2.24) is 0 Å². The number of aliphatic hydroxyl groups is 1. The lowest BCUT2D eigenvalue weighted by Crippen LogP contribution is -2.30. The van der Waals surface area contributed by atoms with Crippen molar-refractivity contribution in [2.45, 2.75) is 50.2 Å². The van der Waals surface area contributed by atoms with E-state index in [0.717, 1.165) is 32.3 Å². The highest BCUT2D eigenvalue weighted by Gasteiger charge is 2.35. The molecule has 1 atom stereocenters. The molecule has 1 heterocycles. The van der Waals surface area contributed by atoms with Crippen molar-refractivity contribution in [2.24, 2.45) is 0 Å². The molecule has 0 saturated carbocycles. The highest BCUT2D eigenvalue weighted by Crippen LogP contribution is 2.34. The van der Waals surface area contributed by atoms with E-state index in [9.17, 15) is 5.11 Å². The molecule has 92 valence electrons. The van der Waals surface area contributed by atoms with Gasteiger partial charge in [0.05, 0.1) is 11.7 Å². The molecule has 0 spiro atoms. The zero-order valence-electron chi connectivity index (χ0n) is 10.2. The molecule has 17 heavy (non-hydrogen) atoms. The maximum atomic E-state index is 10.6. The molecule has 0 amide bonds. The zero-order chi connectivity index (χ0) is 11.7. The summed E-state index contributed by atoms with van der Waals surface area (Å²) in [5, 5.41) is 10.6. The van der Waals surface area contributed by atoms with Crippen LogP contribution in [0, 0.1) is 0 Å². The average Bonchev–Trinajstić information content (AvgIpc) is 2.92. The lowest BCUT2D eigenvalue weighted by Gasteiger charge is -2.23. The van der Waals surface area contributed by atoms with Crippen LogP contribution in [0.4, 0.5) is 0 Å². The minimum absolute atomic E-state index is 0.391. The Labute approximate surface area is 103 Å². The third kappa shape index (κ3) is 2.38. The molecular weight excluding hydrogens is 212 g/mol.